The second-order valence-corrected chi connectivity index (χ2v) is 14.7. The van der Waals surface area contributed by atoms with Crippen LogP contribution in [0.25, 0.3) is 0 Å². The van der Waals surface area contributed by atoms with Gasteiger partial charge in [-0.3, -0.25) is 4.90 Å². The van der Waals surface area contributed by atoms with Crippen molar-refractivity contribution >= 4 is 24.7 Å². The molecule has 5 rings (SSSR count). The highest BCUT2D eigenvalue weighted by molar-refractivity contribution is 7.03. The van der Waals surface area contributed by atoms with Crippen LogP contribution >= 0.6 is 0 Å². The molecule has 0 N–H and O–H groups in total. The number of carbonyl (C=O) groups excluding carboxylic acids is 1. The molecule has 1 aliphatic rings. The van der Waals surface area contributed by atoms with Crippen molar-refractivity contribution in [1.29, 1.82) is 0 Å². The normalized spacial score (nSPS) is 18.2. The number of hydrogen-bond donors (Lipinski definition) is 0. The van der Waals surface area contributed by atoms with Gasteiger partial charge >= 0.3 is 5.97 Å². The molecule has 39 heavy (non-hydrogen) atoms. The third-order valence-corrected chi connectivity index (χ3v) is 12.8. The number of carbonyl (C=O) groups is 1. The van der Waals surface area contributed by atoms with Crippen molar-refractivity contribution in [3.8, 4) is 0 Å². The lowest BCUT2D eigenvalue weighted by atomic mass is 10.0. The molecule has 2 unspecified atom stereocenters. The molecule has 0 spiro atoms. The zero-order chi connectivity index (χ0) is 27.3. The molecule has 5 heteroatoms. The van der Waals surface area contributed by atoms with Crippen molar-refractivity contribution in [2.75, 3.05) is 13.2 Å². The second-order valence-electron chi connectivity index (χ2n) is 10.7. The fourth-order valence-corrected chi connectivity index (χ4v) is 11.0. The Hall–Kier alpha value is -3.51. The van der Waals surface area contributed by atoms with Crippen molar-refractivity contribution in [3.05, 3.63) is 132 Å². The first-order valence-electron chi connectivity index (χ1n) is 13.8. The Labute approximate surface area is 233 Å². The summed E-state index contributed by atoms with van der Waals surface area (Å²) in [7, 11) is -2.80. The Bertz CT molecular complexity index is 1340. The first kappa shape index (κ1) is 27.1. The van der Waals surface area contributed by atoms with Crippen LogP contribution in [0.1, 0.15) is 37.5 Å². The zero-order valence-corrected chi connectivity index (χ0v) is 24.0. The van der Waals surface area contributed by atoms with E-state index in [1.165, 1.54) is 27.1 Å². The SMILES string of the molecule is CCOC(=O)C(CN(Cc1ccccc1)Cc1ccccc1)O[Si]1(c2ccccc2)c2ccccc2C1(C)C. The van der Waals surface area contributed by atoms with Gasteiger partial charge in [0.1, 0.15) is 0 Å². The lowest BCUT2D eigenvalue weighted by molar-refractivity contribution is -0.153. The first-order chi connectivity index (χ1) is 19.0. The molecule has 0 bridgehead atoms. The third-order valence-electron chi connectivity index (χ3n) is 7.83. The van der Waals surface area contributed by atoms with Gasteiger partial charge in [-0.05, 0) is 34.0 Å². The van der Waals surface area contributed by atoms with Crippen LogP contribution in [-0.2, 0) is 32.1 Å². The van der Waals surface area contributed by atoms with Crippen LogP contribution in [0.3, 0.4) is 0 Å². The number of benzene rings is 4. The monoisotopic (exact) mass is 535 g/mol. The number of hydrogen-bond acceptors (Lipinski definition) is 4. The number of esters is 1. The summed E-state index contributed by atoms with van der Waals surface area (Å²) >= 11 is 0. The van der Waals surface area contributed by atoms with E-state index in [1.54, 1.807) is 0 Å². The van der Waals surface area contributed by atoms with Gasteiger partial charge in [0, 0.05) is 24.7 Å². The van der Waals surface area contributed by atoms with Crippen LogP contribution in [0, 0.1) is 0 Å². The minimum absolute atomic E-state index is 0.209. The van der Waals surface area contributed by atoms with E-state index in [0.717, 1.165) is 0 Å². The molecule has 0 amide bonds. The van der Waals surface area contributed by atoms with E-state index >= 15 is 0 Å². The maximum Gasteiger partial charge on any atom is 0.335 e. The lowest BCUT2D eigenvalue weighted by Crippen LogP contribution is -2.82. The molecule has 200 valence electrons. The highest BCUT2D eigenvalue weighted by Crippen LogP contribution is 2.43. The fraction of sp³-hybridized carbons (Fsp3) is 0.265. The Morgan fingerprint density at radius 1 is 0.769 bits per heavy atom. The Morgan fingerprint density at radius 3 is 1.85 bits per heavy atom. The molecule has 0 aromatic heterocycles. The summed E-state index contributed by atoms with van der Waals surface area (Å²) in [6, 6.07) is 39.9. The van der Waals surface area contributed by atoms with Crippen molar-refractivity contribution < 1.29 is 14.0 Å². The predicted octanol–water partition coefficient (Wildman–Crippen LogP) is 5.23. The van der Waals surface area contributed by atoms with Gasteiger partial charge in [0.25, 0.3) is 8.32 Å². The van der Waals surface area contributed by atoms with E-state index in [0.29, 0.717) is 26.2 Å². The molecular formula is C34H37NO3Si. The minimum Gasteiger partial charge on any atom is -0.464 e. The maximum absolute atomic E-state index is 13.6. The molecule has 4 aromatic carbocycles. The number of fused-ring (bicyclic) bond motifs is 1. The summed E-state index contributed by atoms with van der Waals surface area (Å²) in [6.45, 7) is 8.54. The number of ether oxygens (including phenoxy) is 1. The smallest absolute Gasteiger partial charge is 0.335 e. The Balaban J connectivity index is 1.53. The van der Waals surface area contributed by atoms with E-state index in [1.807, 2.05) is 25.1 Å². The van der Waals surface area contributed by atoms with Gasteiger partial charge in [0.2, 0.25) is 0 Å². The third kappa shape index (κ3) is 5.35. The predicted molar refractivity (Wildman–Crippen MR) is 159 cm³/mol. The molecule has 0 fully saturated rings. The average molecular weight is 536 g/mol. The Kier molecular flexibility index (Phi) is 8.12. The molecule has 2 atom stereocenters. The molecular weight excluding hydrogens is 498 g/mol. The van der Waals surface area contributed by atoms with Crippen LogP contribution in [-0.4, -0.2) is 38.4 Å². The maximum atomic E-state index is 13.6. The molecule has 0 saturated heterocycles. The van der Waals surface area contributed by atoms with Crippen LogP contribution in [0.5, 0.6) is 0 Å². The van der Waals surface area contributed by atoms with E-state index in [4.69, 9.17) is 9.16 Å². The topological polar surface area (TPSA) is 38.8 Å². The van der Waals surface area contributed by atoms with Gasteiger partial charge in [-0.15, -0.1) is 0 Å². The number of nitrogens with zero attached hydrogens (tertiary/aromatic N) is 1. The summed E-state index contributed by atoms with van der Waals surface area (Å²) < 4.78 is 12.9. The highest BCUT2D eigenvalue weighted by Gasteiger charge is 2.64. The summed E-state index contributed by atoms with van der Waals surface area (Å²) in [5.74, 6) is -0.299. The van der Waals surface area contributed by atoms with Crippen LogP contribution in [0.4, 0.5) is 0 Å². The van der Waals surface area contributed by atoms with E-state index < -0.39 is 14.4 Å². The van der Waals surface area contributed by atoms with Gasteiger partial charge in [-0.25, -0.2) is 4.79 Å². The fourth-order valence-electron chi connectivity index (χ4n) is 5.98. The number of rotatable bonds is 11. The quantitative estimate of drug-likeness (QED) is 0.195. The van der Waals surface area contributed by atoms with E-state index in [-0.39, 0.29) is 11.0 Å². The zero-order valence-electron chi connectivity index (χ0n) is 23.0. The summed E-state index contributed by atoms with van der Waals surface area (Å²) in [6.07, 6.45) is -0.725. The molecule has 4 aromatic rings. The lowest BCUT2D eigenvalue weighted by Gasteiger charge is -2.56. The molecule has 0 aliphatic carbocycles. The molecule has 0 radical (unpaired) electrons. The van der Waals surface area contributed by atoms with Gasteiger partial charge in [0.05, 0.1) is 6.61 Å². The second kappa shape index (κ2) is 11.7. The van der Waals surface area contributed by atoms with Gasteiger partial charge < -0.3 is 9.16 Å². The van der Waals surface area contributed by atoms with Crippen LogP contribution < -0.4 is 10.4 Å². The van der Waals surface area contributed by atoms with Crippen molar-refractivity contribution in [3.63, 3.8) is 0 Å². The van der Waals surface area contributed by atoms with Crippen LogP contribution in [0.2, 0.25) is 0 Å². The molecule has 4 nitrogen and oxygen atoms in total. The first-order valence-corrected chi connectivity index (χ1v) is 15.7. The standard InChI is InChI=1S/C34H37NO3Si/c1-4-37-33(36)31(26-35(24-27-16-8-5-9-17-27)25-28-18-10-6-11-19-28)38-39(29-20-12-7-13-21-29)32-23-15-14-22-30(32)34(39,2)3/h5-23,31H,4,24-26H2,1-3H3. The van der Waals surface area contributed by atoms with E-state index in [2.05, 4.69) is 116 Å². The van der Waals surface area contributed by atoms with Gasteiger partial charge in [-0.1, -0.05) is 129 Å². The Morgan fingerprint density at radius 2 is 1.28 bits per heavy atom. The van der Waals surface area contributed by atoms with Gasteiger partial charge in [0.15, 0.2) is 6.10 Å². The van der Waals surface area contributed by atoms with Crippen molar-refractivity contribution in [2.45, 2.75) is 45.0 Å². The highest BCUT2D eigenvalue weighted by atomic mass is 28.4. The summed E-state index contributed by atoms with van der Waals surface area (Å²) in [5, 5.41) is 2.22. The van der Waals surface area contributed by atoms with Crippen molar-refractivity contribution in [1.82, 2.24) is 4.90 Å². The summed E-state index contributed by atoms with van der Waals surface area (Å²) in [5.41, 5.74) is 3.69. The average Bonchev–Trinajstić information content (AvgIpc) is 2.96. The molecule has 0 saturated carbocycles. The largest absolute Gasteiger partial charge is 0.464 e. The summed E-state index contributed by atoms with van der Waals surface area (Å²) in [4.78, 5) is 15.9. The van der Waals surface area contributed by atoms with Crippen LogP contribution in [0.15, 0.2) is 115 Å². The minimum atomic E-state index is -2.80. The van der Waals surface area contributed by atoms with Gasteiger partial charge in [-0.2, -0.15) is 0 Å². The van der Waals surface area contributed by atoms with E-state index in [9.17, 15) is 4.79 Å². The molecule has 1 aliphatic heterocycles. The van der Waals surface area contributed by atoms with Crippen molar-refractivity contribution in [2.24, 2.45) is 0 Å². The molecule has 1 heterocycles.